The monoisotopic (exact) mass is 333 g/mol. The van der Waals surface area contributed by atoms with E-state index in [-0.39, 0.29) is 12.1 Å². The number of halogens is 1. The van der Waals surface area contributed by atoms with Gasteiger partial charge in [-0.1, -0.05) is 35.8 Å². The van der Waals surface area contributed by atoms with Gasteiger partial charge < -0.3 is 14.7 Å². The molecule has 0 radical (unpaired) electrons. The number of anilines is 1. The summed E-state index contributed by atoms with van der Waals surface area (Å²) in [6.07, 6.45) is 3.73. The van der Waals surface area contributed by atoms with Crippen molar-refractivity contribution in [3.05, 3.63) is 46.8 Å². The number of para-hydroxylation sites is 1. The molecule has 1 atom stereocenters. The smallest absolute Gasteiger partial charge is 0.322 e. The molecular formula is C17H20ClN3O2. The minimum absolute atomic E-state index is 0.0353. The van der Waals surface area contributed by atoms with Crippen molar-refractivity contribution in [3.8, 4) is 0 Å². The van der Waals surface area contributed by atoms with Crippen LogP contribution in [0.5, 0.6) is 0 Å². The zero-order valence-corrected chi connectivity index (χ0v) is 13.8. The van der Waals surface area contributed by atoms with E-state index in [1.54, 1.807) is 17.0 Å². The lowest BCUT2D eigenvalue weighted by Gasteiger charge is -2.23. The number of amides is 2. The van der Waals surface area contributed by atoms with Crippen LogP contribution >= 0.6 is 11.6 Å². The molecule has 0 unspecified atom stereocenters. The number of rotatable bonds is 4. The van der Waals surface area contributed by atoms with Gasteiger partial charge in [0.2, 0.25) is 0 Å². The highest BCUT2D eigenvalue weighted by molar-refractivity contribution is 6.33. The number of benzene rings is 1. The molecule has 23 heavy (non-hydrogen) atoms. The number of nitrogens with zero attached hydrogens (tertiary/aromatic N) is 2. The van der Waals surface area contributed by atoms with Gasteiger partial charge in [-0.2, -0.15) is 0 Å². The normalized spacial score (nSPS) is 17.5. The highest BCUT2D eigenvalue weighted by Gasteiger charge is 2.32. The maximum absolute atomic E-state index is 12.6. The van der Waals surface area contributed by atoms with Crippen LogP contribution in [0.4, 0.5) is 10.5 Å². The second-order valence-electron chi connectivity index (χ2n) is 5.73. The van der Waals surface area contributed by atoms with Crippen LogP contribution in [0, 0.1) is 0 Å². The molecule has 1 aliphatic heterocycles. The Hall–Kier alpha value is -2.01. The van der Waals surface area contributed by atoms with E-state index in [2.05, 4.69) is 17.4 Å². The maximum Gasteiger partial charge on any atom is 0.322 e. The summed E-state index contributed by atoms with van der Waals surface area (Å²) in [5, 5.41) is 7.56. The molecule has 0 saturated carbocycles. The number of urea groups is 1. The molecule has 122 valence electrons. The minimum Gasteiger partial charge on any atom is -0.361 e. The van der Waals surface area contributed by atoms with Crippen LogP contribution in [0.2, 0.25) is 5.02 Å². The predicted molar refractivity (Wildman–Crippen MR) is 89.6 cm³/mol. The van der Waals surface area contributed by atoms with Crippen LogP contribution in [-0.2, 0) is 6.42 Å². The van der Waals surface area contributed by atoms with Gasteiger partial charge in [-0.05, 0) is 31.4 Å². The van der Waals surface area contributed by atoms with Gasteiger partial charge in [-0.25, -0.2) is 4.79 Å². The lowest BCUT2D eigenvalue weighted by atomic mass is 10.1. The van der Waals surface area contributed by atoms with Crippen molar-refractivity contribution < 1.29 is 9.32 Å². The van der Waals surface area contributed by atoms with Gasteiger partial charge in [-0.15, -0.1) is 0 Å². The topological polar surface area (TPSA) is 58.4 Å². The fourth-order valence-electron chi connectivity index (χ4n) is 2.92. The van der Waals surface area contributed by atoms with Crippen LogP contribution in [0.1, 0.15) is 43.7 Å². The summed E-state index contributed by atoms with van der Waals surface area (Å²) in [6.45, 7) is 2.80. The molecule has 2 aromatic rings. The summed E-state index contributed by atoms with van der Waals surface area (Å²) < 4.78 is 5.35. The van der Waals surface area contributed by atoms with E-state index < -0.39 is 0 Å². The average molecular weight is 334 g/mol. The van der Waals surface area contributed by atoms with Crippen LogP contribution < -0.4 is 5.32 Å². The first-order valence-electron chi connectivity index (χ1n) is 7.96. The van der Waals surface area contributed by atoms with Gasteiger partial charge in [0.05, 0.1) is 16.8 Å². The third-order valence-electron chi connectivity index (χ3n) is 4.04. The molecule has 1 aromatic heterocycles. The Kier molecular flexibility index (Phi) is 4.86. The highest BCUT2D eigenvalue weighted by Crippen LogP contribution is 2.32. The van der Waals surface area contributed by atoms with Crippen LogP contribution in [0.3, 0.4) is 0 Å². The van der Waals surface area contributed by atoms with E-state index in [0.717, 1.165) is 37.1 Å². The molecule has 1 N–H and O–H groups in total. The number of nitrogens with one attached hydrogen (secondary N) is 1. The Morgan fingerprint density at radius 2 is 2.30 bits per heavy atom. The van der Waals surface area contributed by atoms with Crippen molar-refractivity contribution in [3.63, 3.8) is 0 Å². The van der Waals surface area contributed by atoms with E-state index in [9.17, 15) is 4.79 Å². The number of likely N-dealkylation sites (tertiary alicyclic amines) is 1. The van der Waals surface area contributed by atoms with Gasteiger partial charge >= 0.3 is 6.03 Å². The molecule has 2 amide bonds. The fraction of sp³-hybridized carbons (Fsp3) is 0.412. The summed E-state index contributed by atoms with van der Waals surface area (Å²) >= 11 is 6.11. The molecule has 1 saturated heterocycles. The SMILES string of the molecule is CCCc1cc([C@@H]2CCCN2C(=O)Nc2ccccc2Cl)no1. The lowest BCUT2D eigenvalue weighted by Crippen LogP contribution is -2.34. The Bertz CT molecular complexity index is 686. The summed E-state index contributed by atoms with van der Waals surface area (Å²) in [5.41, 5.74) is 1.46. The zero-order valence-electron chi connectivity index (χ0n) is 13.1. The molecule has 3 rings (SSSR count). The third-order valence-corrected chi connectivity index (χ3v) is 4.37. The standard InChI is InChI=1S/C17H20ClN3O2/c1-2-6-12-11-15(20-23-12)16-9-5-10-21(16)17(22)19-14-8-4-3-7-13(14)18/h3-4,7-8,11,16H,2,5-6,9-10H2,1H3,(H,19,22)/t16-/m0/s1. The van der Waals surface area contributed by atoms with Crippen molar-refractivity contribution in [2.24, 2.45) is 0 Å². The number of aryl methyl sites for hydroxylation is 1. The summed E-state index contributed by atoms with van der Waals surface area (Å²) in [7, 11) is 0. The molecule has 0 aliphatic carbocycles. The Balaban J connectivity index is 1.73. The van der Waals surface area contributed by atoms with E-state index >= 15 is 0 Å². The van der Waals surface area contributed by atoms with Crippen molar-refractivity contribution in [1.29, 1.82) is 0 Å². The fourth-order valence-corrected chi connectivity index (χ4v) is 3.10. The van der Waals surface area contributed by atoms with Crippen LogP contribution in [-0.4, -0.2) is 22.6 Å². The summed E-state index contributed by atoms with van der Waals surface area (Å²) in [6, 6.07) is 9.01. The molecule has 1 aromatic carbocycles. The van der Waals surface area contributed by atoms with Gasteiger partial charge in [-0.3, -0.25) is 0 Å². The minimum atomic E-state index is -0.152. The highest BCUT2D eigenvalue weighted by atomic mass is 35.5. The van der Waals surface area contributed by atoms with Gasteiger partial charge in [0.15, 0.2) is 0 Å². The van der Waals surface area contributed by atoms with Crippen LogP contribution in [0.25, 0.3) is 0 Å². The molecule has 6 heteroatoms. The number of hydrogen-bond acceptors (Lipinski definition) is 3. The van der Waals surface area contributed by atoms with Gasteiger partial charge in [0.1, 0.15) is 11.5 Å². The Morgan fingerprint density at radius 3 is 3.09 bits per heavy atom. The first kappa shape index (κ1) is 15.9. The molecule has 1 fully saturated rings. The molecule has 0 bridgehead atoms. The van der Waals surface area contributed by atoms with E-state index in [1.165, 1.54) is 0 Å². The third kappa shape index (κ3) is 3.50. The second kappa shape index (κ2) is 7.04. The molecule has 0 spiro atoms. The van der Waals surface area contributed by atoms with Crippen molar-refractivity contribution >= 4 is 23.3 Å². The predicted octanol–water partition coefficient (Wildman–Crippen LogP) is 4.65. The molecule has 1 aliphatic rings. The molecule has 5 nitrogen and oxygen atoms in total. The van der Waals surface area contributed by atoms with Gasteiger partial charge in [0.25, 0.3) is 0 Å². The Labute approximate surface area is 140 Å². The average Bonchev–Trinajstić information content (AvgIpc) is 3.18. The lowest BCUT2D eigenvalue weighted by molar-refractivity contribution is 0.204. The van der Waals surface area contributed by atoms with E-state index in [4.69, 9.17) is 16.1 Å². The van der Waals surface area contributed by atoms with Crippen LogP contribution in [0.15, 0.2) is 34.9 Å². The quantitative estimate of drug-likeness (QED) is 0.886. The van der Waals surface area contributed by atoms with Crippen molar-refractivity contribution in [2.45, 2.75) is 38.6 Å². The first-order valence-corrected chi connectivity index (χ1v) is 8.34. The second-order valence-corrected chi connectivity index (χ2v) is 6.14. The molecule has 2 heterocycles. The first-order chi connectivity index (χ1) is 11.2. The Morgan fingerprint density at radius 1 is 1.48 bits per heavy atom. The van der Waals surface area contributed by atoms with Gasteiger partial charge in [0, 0.05) is 19.0 Å². The number of hydrogen-bond donors (Lipinski definition) is 1. The largest absolute Gasteiger partial charge is 0.361 e. The van der Waals surface area contributed by atoms with Crippen molar-refractivity contribution in [2.75, 3.05) is 11.9 Å². The number of aromatic nitrogens is 1. The number of carbonyl (C=O) groups is 1. The maximum atomic E-state index is 12.6. The summed E-state index contributed by atoms with van der Waals surface area (Å²) in [4.78, 5) is 14.4. The van der Waals surface area contributed by atoms with Crippen molar-refractivity contribution in [1.82, 2.24) is 10.1 Å². The molecular weight excluding hydrogens is 314 g/mol. The summed E-state index contributed by atoms with van der Waals surface area (Å²) in [5.74, 6) is 0.876. The number of carbonyl (C=O) groups excluding carboxylic acids is 1. The van der Waals surface area contributed by atoms with E-state index in [0.29, 0.717) is 17.3 Å². The van der Waals surface area contributed by atoms with E-state index in [1.807, 2.05) is 18.2 Å². The zero-order chi connectivity index (χ0) is 16.2.